The van der Waals surface area contributed by atoms with Crippen molar-refractivity contribution in [3.63, 3.8) is 0 Å². The van der Waals surface area contributed by atoms with Crippen molar-refractivity contribution in [1.29, 1.82) is 0 Å². The molecule has 0 spiro atoms. The van der Waals surface area contributed by atoms with Gasteiger partial charge in [-0.3, -0.25) is 4.79 Å². The van der Waals surface area contributed by atoms with Crippen LogP contribution in [0, 0.1) is 6.92 Å². The van der Waals surface area contributed by atoms with Crippen molar-refractivity contribution < 1.29 is 13.6 Å². The number of carbonyl (C=O) groups is 1. The van der Waals surface area contributed by atoms with E-state index >= 15 is 0 Å². The lowest BCUT2D eigenvalue weighted by Crippen LogP contribution is -2.14. The summed E-state index contributed by atoms with van der Waals surface area (Å²) in [6, 6.07) is 3.46. The molecule has 6 nitrogen and oxygen atoms in total. The second kappa shape index (κ2) is 6.05. The van der Waals surface area contributed by atoms with Crippen LogP contribution in [-0.4, -0.2) is 25.4 Å². The number of fused-ring (bicyclic) bond motifs is 1. The summed E-state index contributed by atoms with van der Waals surface area (Å²) in [4.78, 5) is 23.8. The normalized spacial score (nSPS) is 15.6. The summed E-state index contributed by atoms with van der Waals surface area (Å²) in [6.07, 6.45) is 5.71. The number of hydrogen-bond donors (Lipinski definition) is 1. The van der Waals surface area contributed by atoms with E-state index in [4.69, 9.17) is 0 Å². The van der Waals surface area contributed by atoms with Gasteiger partial charge in [0.05, 0.1) is 17.4 Å². The Hall–Kier alpha value is -2.90. The lowest BCUT2D eigenvalue weighted by molar-refractivity contribution is -0.114. The maximum absolute atomic E-state index is 13.9. The van der Waals surface area contributed by atoms with Crippen molar-refractivity contribution in [3.05, 3.63) is 36.0 Å². The van der Waals surface area contributed by atoms with E-state index in [2.05, 4.69) is 31.8 Å². The molecule has 3 heterocycles. The van der Waals surface area contributed by atoms with Crippen LogP contribution in [0.5, 0.6) is 0 Å². The molecule has 0 saturated heterocycles. The molecule has 0 atom stereocenters. The zero-order chi connectivity index (χ0) is 20.3. The fraction of sp³-hybridized carbons (Fsp3) is 0.400. The number of carbonyl (C=O) groups excluding carboxylic acids is 1. The largest absolute Gasteiger partial charge is 0.340 e. The number of alkyl halides is 2. The van der Waals surface area contributed by atoms with Gasteiger partial charge in [-0.05, 0) is 38.8 Å². The van der Waals surface area contributed by atoms with Gasteiger partial charge in [0.2, 0.25) is 5.91 Å². The number of aromatic nitrogens is 4. The van der Waals surface area contributed by atoms with Crippen LogP contribution in [0.15, 0.2) is 24.5 Å². The molecule has 1 aliphatic rings. The van der Waals surface area contributed by atoms with Crippen molar-refractivity contribution in [2.75, 3.05) is 5.32 Å². The molecular formula is C20H21F2N5O. The molecule has 1 amide bonds. The fourth-order valence-corrected chi connectivity index (χ4v) is 3.35. The monoisotopic (exact) mass is 385 g/mol. The number of hydrogen-bond acceptors (Lipinski definition) is 4. The van der Waals surface area contributed by atoms with Gasteiger partial charge < -0.3 is 9.88 Å². The summed E-state index contributed by atoms with van der Waals surface area (Å²) in [6.45, 7) is 6.02. The van der Waals surface area contributed by atoms with Gasteiger partial charge in [-0.1, -0.05) is 0 Å². The van der Waals surface area contributed by atoms with E-state index in [1.165, 1.54) is 6.92 Å². The molecule has 1 aliphatic carbocycles. The molecule has 1 N–H and O–H groups in total. The Balaban J connectivity index is 1.95. The molecule has 0 unspecified atom stereocenters. The maximum Gasteiger partial charge on any atom is 0.303 e. The van der Waals surface area contributed by atoms with E-state index < -0.39 is 11.7 Å². The molecule has 3 aromatic heterocycles. The molecular weight excluding hydrogens is 364 g/mol. The molecule has 146 valence electrons. The fourth-order valence-electron chi connectivity index (χ4n) is 3.35. The lowest BCUT2D eigenvalue weighted by atomic mass is 10.1. The van der Waals surface area contributed by atoms with Gasteiger partial charge in [0.25, 0.3) is 0 Å². The van der Waals surface area contributed by atoms with Crippen LogP contribution in [0.3, 0.4) is 0 Å². The van der Waals surface area contributed by atoms with Gasteiger partial charge in [-0.25, -0.2) is 15.0 Å². The van der Waals surface area contributed by atoms with Crippen molar-refractivity contribution in [3.8, 4) is 11.3 Å². The molecule has 0 bridgehead atoms. The maximum atomic E-state index is 13.9. The van der Waals surface area contributed by atoms with Gasteiger partial charge >= 0.3 is 5.92 Å². The third kappa shape index (κ3) is 3.23. The highest BCUT2D eigenvalue weighted by Crippen LogP contribution is 2.47. The highest BCUT2D eigenvalue weighted by atomic mass is 19.3. The first kappa shape index (κ1) is 18.5. The average Bonchev–Trinajstić information content (AvgIpc) is 3.21. The third-order valence-electron chi connectivity index (χ3n) is 5.07. The van der Waals surface area contributed by atoms with Gasteiger partial charge in [0, 0.05) is 42.2 Å². The number of anilines is 1. The molecule has 0 aromatic carbocycles. The van der Waals surface area contributed by atoms with Crippen LogP contribution in [0.2, 0.25) is 0 Å². The number of halogens is 2. The average molecular weight is 385 g/mol. The lowest BCUT2D eigenvalue weighted by Gasteiger charge is -2.12. The second-order valence-electron chi connectivity index (χ2n) is 7.78. The molecule has 3 aromatic rings. The predicted octanol–water partition coefficient (Wildman–Crippen LogP) is 4.38. The van der Waals surface area contributed by atoms with Gasteiger partial charge in [0.1, 0.15) is 5.82 Å². The van der Waals surface area contributed by atoms with Crippen molar-refractivity contribution in [2.24, 2.45) is 0 Å². The number of rotatable bonds is 4. The van der Waals surface area contributed by atoms with E-state index in [-0.39, 0.29) is 11.4 Å². The molecule has 0 radical (unpaired) electrons. The van der Waals surface area contributed by atoms with Gasteiger partial charge in [0.15, 0.2) is 5.82 Å². The molecule has 1 fully saturated rings. The summed E-state index contributed by atoms with van der Waals surface area (Å²) in [7, 11) is 0. The minimum Gasteiger partial charge on any atom is -0.340 e. The summed E-state index contributed by atoms with van der Waals surface area (Å²) < 4.78 is 29.9. The third-order valence-corrected chi connectivity index (χ3v) is 5.07. The van der Waals surface area contributed by atoms with Gasteiger partial charge in [-0.2, -0.15) is 8.78 Å². The van der Waals surface area contributed by atoms with Crippen molar-refractivity contribution >= 4 is 22.6 Å². The van der Waals surface area contributed by atoms with Crippen LogP contribution in [0.25, 0.3) is 22.2 Å². The zero-order valence-electron chi connectivity index (χ0n) is 16.2. The molecule has 4 rings (SSSR count). The van der Waals surface area contributed by atoms with Crippen LogP contribution < -0.4 is 5.32 Å². The quantitative estimate of drug-likeness (QED) is 0.723. The Morgan fingerprint density at radius 2 is 2.00 bits per heavy atom. The first-order valence-corrected chi connectivity index (χ1v) is 9.10. The van der Waals surface area contributed by atoms with E-state index in [0.717, 1.165) is 30.7 Å². The van der Waals surface area contributed by atoms with E-state index in [0.29, 0.717) is 22.8 Å². The molecule has 28 heavy (non-hydrogen) atoms. The highest BCUT2D eigenvalue weighted by Gasteiger charge is 2.40. The van der Waals surface area contributed by atoms with Crippen LogP contribution in [0.4, 0.5) is 14.6 Å². The first-order valence-electron chi connectivity index (χ1n) is 9.10. The Morgan fingerprint density at radius 3 is 2.61 bits per heavy atom. The van der Waals surface area contributed by atoms with E-state index in [1.54, 1.807) is 25.3 Å². The van der Waals surface area contributed by atoms with Crippen molar-refractivity contribution in [1.82, 2.24) is 19.5 Å². The molecule has 1 saturated carbocycles. The number of amides is 1. The zero-order valence-corrected chi connectivity index (χ0v) is 16.2. The van der Waals surface area contributed by atoms with E-state index in [9.17, 15) is 13.6 Å². The van der Waals surface area contributed by atoms with E-state index in [1.807, 2.05) is 6.20 Å². The van der Waals surface area contributed by atoms with Crippen molar-refractivity contribution in [2.45, 2.75) is 52.0 Å². The topological polar surface area (TPSA) is 72.7 Å². The SMILES string of the molecule is CC(=O)Nc1cc2c(-c3cc(C)nc(C(C)(F)F)n3)cn(C3(C)CC3)c2cn1. The summed E-state index contributed by atoms with van der Waals surface area (Å²) in [5.41, 5.74) is 2.47. The van der Waals surface area contributed by atoms with Gasteiger partial charge in [-0.15, -0.1) is 0 Å². The summed E-state index contributed by atoms with van der Waals surface area (Å²) in [5, 5.41) is 3.48. The minimum absolute atomic E-state index is 0.0205. The molecule has 0 aliphatic heterocycles. The van der Waals surface area contributed by atoms with Crippen LogP contribution >= 0.6 is 0 Å². The highest BCUT2D eigenvalue weighted by molar-refractivity contribution is 5.98. The second-order valence-corrected chi connectivity index (χ2v) is 7.78. The summed E-state index contributed by atoms with van der Waals surface area (Å²) in [5.74, 6) is -3.46. The van der Waals surface area contributed by atoms with Crippen LogP contribution in [0.1, 0.15) is 45.1 Å². The standard InChI is InChI=1S/C20H21F2N5O/c1-11-7-15(26-18(24-11)20(4,21)22)14-10-27(19(3)5-6-19)16-9-23-17(8-13(14)16)25-12(2)28/h7-10H,5-6H2,1-4H3,(H,23,25,28). The Bertz CT molecular complexity index is 1100. The Kier molecular flexibility index (Phi) is 3.99. The molecule has 8 heteroatoms. The number of aryl methyl sites for hydroxylation is 1. The predicted molar refractivity (Wildman–Crippen MR) is 102 cm³/mol. The number of nitrogens with zero attached hydrogens (tertiary/aromatic N) is 4. The smallest absolute Gasteiger partial charge is 0.303 e. The number of pyridine rings is 1. The minimum atomic E-state index is -3.13. The van der Waals surface area contributed by atoms with Crippen LogP contribution in [-0.2, 0) is 16.3 Å². The summed E-state index contributed by atoms with van der Waals surface area (Å²) >= 11 is 0. The first-order chi connectivity index (χ1) is 13.1. The Morgan fingerprint density at radius 1 is 1.29 bits per heavy atom. The Labute approximate surface area is 161 Å². The number of nitrogens with one attached hydrogen (secondary N) is 1.